The van der Waals surface area contributed by atoms with E-state index in [0.29, 0.717) is 0 Å². The number of hydrogen-bond donors (Lipinski definition) is 0. The molecule has 0 saturated heterocycles. The molecule has 0 radical (unpaired) electrons. The molecule has 0 aromatic heterocycles. The van der Waals surface area contributed by atoms with Gasteiger partial charge in [0.05, 0.1) is 6.61 Å². The summed E-state index contributed by atoms with van der Waals surface area (Å²) in [6.07, 6.45) is 6.62. The van der Waals surface area contributed by atoms with Crippen molar-refractivity contribution in [3.8, 4) is 0 Å². The molecular weight excluding hydrogens is 311 g/mol. The molecule has 0 aliphatic heterocycles. The van der Waals surface area contributed by atoms with Gasteiger partial charge in [0.1, 0.15) is 0 Å². The van der Waals surface area contributed by atoms with E-state index >= 15 is 0 Å². The summed E-state index contributed by atoms with van der Waals surface area (Å²) in [6.45, 7) is 1.66. The van der Waals surface area contributed by atoms with Crippen LogP contribution in [-0.2, 0) is 11.3 Å². The first-order chi connectivity index (χ1) is 7.93. The normalized spacial score (nSPS) is 10.6. The molecule has 16 heavy (non-hydrogen) atoms. The minimum absolute atomic E-state index is 0.759. The van der Waals surface area contributed by atoms with Crippen LogP contribution in [0.5, 0.6) is 0 Å². The summed E-state index contributed by atoms with van der Waals surface area (Å²) in [4.78, 5) is 0. The van der Waals surface area contributed by atoms with E-state index in [0.717, 1.165) is 13.2 Å². The average Bonchev–Trinajstić information content (AvgIpc) is 2.34. The number of rotatable bonds is 9. The summed E-state index contributed by atoms with van der Waals surface area (Å²) in [5.41, 5.74) is 1.27. The van der Waals surface area contributed by atoms with E-state index in [1.54, 1.807) is 0 Å². The van der Waals surface area contributed by atoms with Crippen molar-refractivity contribution in [2.75, 3.05) is 11.0 Å². The molecule has 0 atom stereocenters. The number of halogens is 1. The monoisotopic (exact) mass is 332 g/mol. The van der Waals surface area contributed by atoms with Crippen LogP contribution in [0.15, 0.2) is 30.3 Å². The first kappa shape index (κ1) is 14.0. The topological polar surface area (TPSA) is 9.23 Å². The van der Waals surface area contributed by atoms with Gasteiger partial charge in [-0.05, 0) is 22.8 Å². The van der Waals surface area contributed by atoms with Gasteiger partial charge in [-0.1, -0.05) is 72.2 Å². The lowest BCUT2D eigenvalue weighted by Crippen LogP contribution is -1.95. The number of unbranched alkanes of at least 4 members (excludes halogenated alkanes) is 4. The van der Waals surface area contributed by atoms with Crippen LogP contribution in [-0.4, -0.2) is 11.0 Å². The largest absolute Gasteiger partial charge is 0.377 e. The van der Waals surface area contributed by atoms with Crippen molar-refractivity contribution < 1.29 is 4.74 Å². The molecule has 1 aromatic rings. The Morgan fingerprint density at radius 3 is 2.31 bits per heavy atom. The van der Waals surface area contributed by atoms with Gasteiger partial charge < -0.3 is 4.74 Å². The van der Waals surface area contributed by atoms with E-state index in [1.807, 2.05) is 6.07 Å². The molecular formula is C14H21IO. The lowest BCUT2D eigenvalue weighted by molar-refractivity contribution is 0.116. The second kappa shape index (κ2) is 10.1. The van der Waals surface area contributed by atoms with E-state index in [1.165, 1.54) is 42.1 Å². The molecule has 0 saturated carbocycles. The highest BCUT2D eigenvalue weighted by Crippen LogP contribution is 2.06. The molecule has 0 unspecified atom stereocenters. The van der Waals surface area contributed by atoms with Gasteiger partial charge in [0.25, 0.3) is 0 Å². The second-order valence-corrected chi connectivity index (χ2v) is 5.07. The number of hydrogen-bond acceptors (Lipinski definition) is 1. The quantitative estimate of drug-likeness (QED) is 0.365. The molecule has 1 nitrogen and oxygen atoms in total. The standard InChI is InChI=1S/C14H21IO/c15-11-7-2-1-3-8-12-16-13-14-9-5-4-6-10-14/h4-6,9-10H,1-3,7-8,11-13H2. The van der Waals surface area contributed by atoms with Crippen molar-refractivity contribution in [1.82, 2.24) is 0 Å². The molecule has 1 rings (SSSR count). The third-order valence-electron chi connectivity index (χ3n) is 2.53. The van der Waals surface area contributed by atoms with Crippen LogP contribution in [0.1, 0.15) is 37.7 Å². The van der Waals surface area contributed by atoms with Crippen molar-refractivity contribution in [2.45, 2.75) is 38.7 Å². The highest BCUT2D eigenvalue weighted by atomic mass is 127. The molecule has 0 spiro atoms. The highest BCUT2D eigenvalue weighted by molar-refractivity contribution is 14.1. The minimum atomic E-state index is 0.759. The molecule has 2 heteroatoms. The zero-order valence-corrected chi connectivity index (χ0v) is 12.0. The fourth-order valence-corrected chi connectivity index (χ4v) is 2.13. The van der Waals surface area contributed by atoms with Gasteiger partial charge in [0.2, 0.25) is 0 Å². The number of ether oxygens (including phenoxy) is 1. The van der Waals surface area contributed by atoms with Crippen molar-refractivity contribution >= 4 is 22.6 Å². The molecule has 0 fully saturated rings. The zero-order chi connectivity index (χ0) is 11.5. The molecule has 0 bridgehead atoms. The summed E-state index contributed by atoms with van der Waals surface area (Å²) >= 11 is 2.44. The Morgan fingerprint density at radius 2 is 1.56 bits per heavy atom. The predicted octanol–water partition coefficient (Wildman–Crippen LogP) is 4.59. The Balaban J connectivity index is 1.89. The Labute approximate surface area is 113 Å². The fourth-order valence-electron chi connectivity index (χ4n) is 1.59. The Hall–Kier alpha value is -0.0900. The maximum atomic E-state index is 5.62. The van der Waals surface area contributed by atoms with Crippen molar-refractivity contribution in [2.24, 2.45) is 0 Å². The van der Waals surface area contributed by atoms with E-state index < -0.39 is 0 Å². The first-order valence-corrected chi connectivity index (χ1v) is 7.63. The summed E-state index contributed by atoms with van der Waals surface area (Å²) < 4.78 is 6.92. The van der Waals surface area contributed by atoms with Gasteiger partial charge in [-0.25, -0.2) is 0 Å². The molecule has 0 aliphatic rings. The Kier molecular flexibility index (Phi) is 8.81. The summed E-state index contributed by atoms with van der Waals surface area (Å²) in [7, 11) is 0. The number of benzene rings is 1. The average molecular weight is 332 g/mol. The molecule has 0 aliphatic carbocycles. The van der Waals surface area contributed by atoms with Gasteiger partial charge >= 0.3 is 0 Å². The molecule has 0 N–H and O–H groups in total. The van der Waals surface area contributed by atoms with Gasteiger partial charge in [-0.2, -0.15) is 0 Å². The molecule has 1 aromatic carbocycles. The molecule has 0 heterocycles. The van der Waals surface area contributed by atoms with Crippen LogP contribution in [0.2, 0.25) is 0 Å². The maximum absolute atomic E-state index is 5.62. The first-order valence-electron chi connectivity index (χ1n) is 6.11. The smallest absolute Gasteiger partial charge is 0.0716 e. The van der Waals surface area contributed by atoms with Crippen LogP contribution in [0.3, 0.4) is 0 Å². The summed E-state index contributed by atoms with van der Waals surface area (Å²) in [5, 5.41) is 0. The van der Waals surface area contributed by atoms with Crippen LogP contribution < -0.4 is 0 Å². The summed E-state index contributed by atoms with van der Waals surface area (Å²) in [6, 6.07) is 10.4. The maximum Gasteiger partial charge on any atom is 0.0716 e. The highest BCUT2D eigenvalue weighted by Gasteiger charge is 1.93. The van der Waals surface area contributed by atoms with Gasteiger partial charge in [0, 0.05) is 6.61 Å². The third-order valence-corrected chi connectivity index (χ3v) is 3.30. The Morgan fingerprint density at radius 1 is 0.875 bits per heavy atom. The zero-order valence-electron chi connectivity index (χ0n) is 9.83. The van der Waals surface area contributed by atoms with Gasteiger partial charge in [0.15, 0.2) is 0 Å². The Bertz CT molecular complexity index is 248. The second-order valence-electron chi connectivity index (χ2n) is 3.99. The van der Waals surface area contributed by atoms with Crippen LogP contribution in [0.4, 0.5) is 0 Å². The van der Waals surface area contributed by atoms with Crippen molar-refractivity contribution in [3.63, 3.8) is 0 Å². The van der Waals surface area contributed by atoms with Gasteiger partial charge in [-0.15, -0.1) is 0 Å². The van der Waals surface area contributed by atoms with E-state index in [2.05, 4.69) is 46.9 Å². The lowest BCUT2D eigenvalue weighted by atomic mass is 10.2. The lowest BCUT2D eigenvalue weighted by Gasteiger charge is -2.04. The van der Waals surface area contributed by atoms with E-state index in [4.69, 9.17) is 4.74 Å². The number of alkyl halides is 1. The fraction of sp³-hybridized carbons (Fsp3) is 0.571. The van der Waals surface area contributed by atoms with Crippen LogP contribution >= 0.6 is 22.6 Å². The van der Waals surface area contributed by atoms with E-state index in [9.17, 15) is 0 Å². The predicted molar refractivity (Wildman–Crippen MR) is 78.1 cm³/mol. The van der Waals surface area contributed by atoms with Crippen LogP contribution in [0, 0.1) is 0 Å². The molecule has 90 valence electrons. The van der Waals surface area contributed by atoms with Gasteiger partial charge in [-0.3, -0.25) is 0 Å². The van der Waals surface area contributed by atoms with Crippen molar-refractivity contribution in [3.05, 3.63) is 35.9 Å². The minimum Gasteiger partial charge on any atom is -0.377 e. The van der Waals surface area contributed by atoms with E-state index in [-0.39, 0.29) is 0 Å². The van der Waals surface area contributed by atoms with Crippen molar-refractivity contribution in [1.29, 1.82) is 0 Å². The SMILES string of the molecule is ICCCCCCCOCc1ccccc1. The van der Waals surface area contributed by atoms with Crippen LogP contribution in [0.25, 0.3) is 0 Å². The summed E-state index contributed by atoms with van der Waals surface area (Å²) in [5.74, 6) is 0. The third kappa shape index (κ3) is 7.23. The molecule has 0 amide bonds.